The Hall–Kier alpha value is -1.90. The van der Waals surface area contributed by atoms with Gasteiger partial charge in [-0.15, -0.1) is 0 Å². The molecule has 1 aromatic carbocycles. The summed E-state index contributed by atoms with van der Waals surface area (Å²) < 4.78 is 17.4. The van der Waals surface area contributed by atoms with Crippen LogP contribution in [-0.2, 0) is 14.3 Å². The smallest absolute Gasteiger partial charge is 0.321 e. The SMILES string of the molecule is CCC[C@H]1CC[C@H](C2OCC(C)(C(=O)Oc3ccc(C#N)cc3)CO2)CC1. The molecule has 1 aromatic rings. The number of nitrogens with zero attached hydrogens (tertiary/aromatic N) is 1. The van der Waals surface area contributed by atoms with Gasteiger partial charge in [0.2, 0.25) is 0 Å². The van der Waals surface area contributed by atoms with Crippen LogP contribution in [-0.4, -0.2) is 25.5 Å². The maximum atomic E-state index is 12.6. The fourth-order valence-corrected chi connectivity index (χ4v) is 4.00. The fourth-order valence-electron chi connectivity index (χ4n) is 4.00. The summed E-state index contributed by atoms with van der Waals surface area (Å²) in [5.74, 6) is 1.34. The highest BCUT2D eigenvalue weighted by atomic mass is 16.7. The van der Waals surface area contributed by atoms with Gasteiger partial charge in [0.1, 0.15) is 11.2 Å². The summed E-state index contributed by atoms with van der Waals surface area (Å²) >= 11 is 0. The molecule has 1 aliphatic heterocycles. The van der Waals surface area contributed by atoms with Gasteiger partial charge in [-0.2, -0.15) is 5.26 Å². The number of hydrogen-bond acceptors (Lipinski definition) is 5. The highest BCUT2D eigenvalue weighted by Gasteiger charge is 2.43. The van der Waals surface area contributed by atoms with Gasteiger partial charge in [-0.25, -0.2) is 0 Å². The standard InChI is InChI=1S/C22H29NO4/c1-3-4-16-5-9-18(10-6-16)20-25-14-22(2,15-26-20)21(24)27-19-11-7-17(13-23)8-12-19/h7-8,11-12,16,18,20H,3-6,9-10,14-15H2,1-2H3/t16-,18-,20?,22?. The van der Waals surface area contributed by atoms with Crippen molar-refractivity contribution in [2.45, 2.75) is 58.7 Å². The number of rotatable bonds is 5. The number of esters is 1. The Morgan fingerprint density at radius 3 is 2.37 bits per heavy atom. The molecular weight excluding hydrogens is 342 g/mol. The highest BCUT2D eigenvalue weighted by Crippen LogP contribution is 2.37. The average molecular weight is 371 g/mol. The first-order chi connectivity index (χ1) is 13.0. The zero-order chi connectivity index (χ0) is 19.3. The highest BCUT2D eigenvalue weighted by molar-refractivity contribution is 5.79. The van der Waals surface area contributed by atoms with Crippen molar-refractivity contribution in [1.29, 1.82) is 5.26 Å². The average Bonchev–Trinajstić information content (AvgIpc) is 2.70. The van der Waals surface area contributed by atoms with Crippen molar-refractivity contribution in [3.05, 3.63) is 29.8 Å². The fraction of sp³-hybridized carbons (Fsp3) is 0.636. The Bertz CT molecular complexity index is 663. The van der Waals surface area contributed by atoms with Crippen LogP contribution in [0.1, 0.15) is 57.9 Å². The first-order valence-corrected chi connectivity index (χ1v) is 9.99. The van der Waals surface area contributed by atoms with Crippen LogP contribution in [0.4, 0.5) is 0 Å². The lowest BCUT2D eigenvalue weighted by atomic mass is 9.79. The van der Waals surface area contributed by atoms with Gasteiger partial charge in [0.05, 0.1) is 24.8 Å². The normalized spacial score (nSPS) is 31.1. The van der Waals surface area contributed by atoms with E-state index in [-0.39, 0.29) is 12.3 Å². The van der Waals surface area contributed by atoms with Gasteiger partial charge in [0.15, 0.2) is 6.29 Å². The van der Waals surface area contributed by atoms with E-state index in [4.69, 9.17) is 19.5 Å². The van der Waals surface area contributed by atoms with E-state index in [0.29, 0.717) is 30.4 Å². The number of carbonyl (C=O) groups is 1. The van der Waals surface area contributed by atoms with Gasteiger partial charge in [-0.1, -0.05) is 19.8 Å². The van der Waals surface area contributed by atoms with E-state index < -0.39 is 5.41 Å². The van der Waals surface area contributed by atoms with Crippen LogP contribution in [0.3, 0.4) is 0 Å². The van der Waals surface area contributed by atoms with E-state index in [9.17, 15) is 4.79 Å². The third-order valence-electron chi connectivity index (χ3n) is 5.79. The lowest BCUT2D eigenvalue weighted by Crippen LogP contribution is -2.49. The third-order valence-corrected chi connectivity index (χ3v) is 5.79. The van der Waals surface area contributed by atoms with Gasteiger partial charge in [0, 0.05) is 5.92 Å². The first kappa shape index (κ1) is 19.9. The van der Waals surface area contributed by atoms with Crippen molar-refractivity contribution < 1.29 is 19.0 Å². The zero-order valence-electron chi connectivity index (χ0n) is 16.3. The second-order valence-corrected chi connectivity index (χ2v) is 8.15. The Morgan fingerprint density at radius 1 is 1.19 bits per heavy atom. The molecule has 0 radical (unpaired) electrons. The summed E-state index contributed by atoms with van der Waals surface area (Å²) in [7, 11) is 0. The van der Waals surface area contributed by atoms with Crippen molar-refractivity contribution >= 4 is 5.97 Å². The van der Waals surface area contributed by atoms with E-state index in [1.165, 1.54) is 25.7 Å². The quantitative estimate of drug-likeness (QED) is 0.565. The summed E-state index contributed by atoms with van der Waals surface area (Å²) in [4.78, 5) is 12.6. The van der Waals surface area contributed by atoms with E-state index in [2.05, 4.69) is 6.92 Å². The second kappa shape index (κ2) is 8.86. The Balaban J connectivity index is 1.49. The first-order valence-electron chi connectivity index (χ1n) is 9.99. The number of ether oxygens (including phenoxy) is 3. The van der Waals surface area contributed by atoms with Crippen LogP contribution in [0, 0.1) is 28.6 Å². The molecule has 0 atom stereocenters. The summed E-state index contributed by atoms with van der Waals surface area (Å²) in [5.41, 5.74) is -0.286. The van der Waals surface area contributed by atoms with Crippen LogP contribution in [0.5, 0.6) is 5.75 Å². The predicted octanol–water partition coefficient (Wildman–Crippen LogP) is 4.45. The minimum atomic E-state index is -0.816. The number of hydrogen-bond donors (Lipinski definition) is 0. The molecule has 27 heavy (non-hydrogen) atoms. The molecule has 2 aliphatic rings. The topological polar surface area (TPSA) is 68.5 Å². The molecule has 146 valence electrons. The van der Waals surface area contributed by atoms with Crippen LogP contribution in [0.2, 0.25) is 0 Å². The minimum absolute atomic E-state index is 0.205. The largest absolute Gasteiger partial charge is 0.426 e. The maximum absolute atomic E-state index is 12.6. The third kappa shape index (κ3) is 4.88. The van der Waals surface area contributed by atoms with Gasteiger partial charge in [0.25, 0.3) is 0 Å². The number of benzene rings is 1. The van der Waals surface area contributed by atoms with Crippen LogP contribution in [0.15, 0.2) is 24.3 Å². The molecule has 1 heterocycles. The lowest BCUT2D eigenvalue weighted by Gasteiger charge is -2.40. The Labute approximate surface area is 161 Å². The molecule has 0 amide bonds. The maximum Gasteiger partial charge on any atom is 0.321 e. The Kier molecular flexibility index (Phi) is 6.51. The van der Waals surface area contributed by atoms with Gasteiger partial charge >= 0.3 is 5.97 Å². The van der Waals surface area contributed by atoms with E-state index in [0.717, 1.165) is 18.8 Å². The number of nitriles is 1. The van der Waals surface area contributed by atoms with Gasteiger partial charge in [-0.05, 0) is 62.8 Å². The molecule has 0 aromatic heterocycles. The summed E-state index contributed by atoms with van der Waals surface area (Å²) in [6, 6.07) is 8.55. The van der Waals surface area contributed by atoms with Gasteiger partial charge < -0.3 is 14.2 Å². The van der Waals surface area contributed by atoms with Crippen molar-refractivity contribution in [3.8, 4) is 11.8 Å². The summed E-state index contributed by atoms with van der Waals surface area (Å²) in [6.07, 6.45) is 7.15. The lowest BCUT2D eigenvalue weighted by molar-refractivity contribution is -0.250. The van der Waals surface area contributed by atoms with Gasteiger partial charge in [-0.3, -0.25) is 4.79 Å². The predicted molar refractivity (Wildman–Crippen MR) is 101 cm³/mol. The molecule has 1 aliphatic carbocycles. The summed E-state index contributed by atoms with van der Waals surface area (Å²) in [6.45, 7) is 4.67. The monoisotopic (exact) mass is 371 g/mol. The summed E-state index contributed by atoms with van der Waals surface area (Å²) in [5, 5.41) is 8.84. The van der Waals surface area contributed by atoms with Crippen LogP contribution in [0.25, 0.3) is 0 Å². The molecule has 0 spiro atoms. The molecule has 2 fully saturated rings. The van der Waals surface area contributed by atoms with Crippen LogP contribution >= 0.6 is 0 Å². The second-order valence-electron chi connectivity index (χ2n) is 8.15. The molecular formula is C22H29NO4. The zero-order valence-corrected chi connectivity index (χ0v) is 16.3. The van der Waals surface area contributed by atoms with Crippen molar-refractivity contribution in [1.82, 2.24) is 0 Å². The van der Waals surface area contributed by atoms with Crippen molar-refractivity contribution in [2.24, 2.45) is 17.3 Å². The molecule has 0 N–H and O–H groups in total. The number of carbonyl (C=O) groups excluding carboxylic acids is 1. The molecule has 5 heteroatoms. The molecule has 1 saturated heterocycles. The molecule has 0 bridgehead atoms. The van der Waals surface area contributed by atoms with E-state index in [1.54, 1.807) is 24.3 Å². The van der Waals surface area contributed by atoms with Crippen molar-refractivity contribution in [2.75, 3.05) is 13.2 Å². The Morgan fingerprint density at radius 2 is 1.81 bits per heavy atom. The molecule has 1 saturated carbocycles. The van der Waals surface area contributed by atoms with E-state index >= 15 is 0 Å². The molecule has 0 unspecified atom stereocenters. The van der Waals surface area contributed by atoms with E-state index in [1.807, 2.05) is 13.0 Å². The molecule has 3 rings (SSSR count). The molecule has 5 nitrogen and oxygen atoms in total. The minimum Gasteiger partial charge on any atom is -0.426 e. The van der Waals surface area contributed by atoms with Crippen molar-refractivity contribution in [3.63, 3.8) is 0 Å². The van der Waals surface area contributed by atoms with Crippen LogP contribution < -0.4 is 4.74 Å².